The van der Waals surface area contributed by atoms with Crippen LogP contribution in [0, 0.1) is 5.92 Å². The van der Waals surface area contributed by atoms with E-state index < -0.39 is 6.04 Å². The summed E-state index contributed by atoms with van der Waals surface area (Å²) >= 11 is 0. The Morgan fingerprint density at radius 1 is 1.07 bits per heavy atom. The Morgan fingerprint density at radius 2 is 1.76 bits per heavy atom. The second-order valence-corrected chi connectivity index (χ2v) is 8.42. The molecular weight excluding hydrogens is 366 g/mol. The van der Waals surface area contributed by atoms with E-state index in [-0.39, 0.29) is 11.9 Å². The summed E-state index contributed by atoms with van der Waals surface area (Å²) in [5, 5.41) is 0. The number of rotatable bonds is 5. The van der Waals surface area contributed by atoms with Gasteiger partial charge in [0.15, 0.2) is 0 Å². The zero-order chi connectivity index (χ0) is 20.5. The Morgan fingerprint density at radius 3 is 2.45 bits per heavy atom. The van der Waals surface area contributed by atoms with Gasteiger partial charge < -0.3 is 0 Å². The lowest BCUT2D eigenvalue weighted by Gasteiger charge is -2.31. The van der Waals surface area contributed by atoms with Crippen molar-refractivity contribution in [2.75, 3.05) is 40.3 Å². The number of hydrogen-bond donors (Lipinski definition) is 0. The van der Waals surface area contributed by atoms with E-state index in [1.165, 1.54) is 28.2 Å². The molecule has 0 radical (unpaired) electrons. The standard InChI is InChI=1S/C22H30N5O2/c1-16-9-12-26(13-10-16)15-18-23-20-19(21(28)25(3)22(29)24(20)2)27(18)14-11-17-7-5-4-6-8-17/h4-8,16,19H,9-15H2,1-3H3/q+1. The summed E-state index contributed by atoms with van der Waals surface area (Å²) in [7, 11) is 3.26. The highest BCUT2D eigenvalue weighted by molar-refractivity contribution is 6.23. The van der Waals surface area contributed by atoms with Crippen LogP contribution >= 0.6 is 0 Å². The number of piperidine rings is 1. The molecular formula is C22H30N5O2+. The van der Waals surface area contributed by atoms with Crippen LogP contribution in [0.5, 0.6) is 0 Å². The average Bonchev–Trinajstić information content (AvgIpc) is 3.10. The quantitative estimate of drug-likeness (QED) is 0.712. The fraction of sp³-hybridized carbons (Fsp3) is 0.545. The number of amides is 3. The number of urea groups is 1. The number of hydrogen-bond acceptors (Lipinski definition) is 4. The summed E-state index contributed by atoms with van der Waals surface area (Å²) in [6, 6.07) is 9.46. The molecule has 0 spiro atoms. The number of fused-ring (bicyclic) bond motifs is 1. The van der Waals surface area contributed by atoms with Crippen LogP contribution in [0.1, 0.15) is 25.3 Å². The maximum atomic E-state index is 13.0. The van der Waals surface area contributed by atoms with Crippen LogP contribution in [0.15, 0.2) is 35.3 Å². The summed E-state index contributed by atoms with van der Waals surface area (Å²) in [5.41, 5.74) is 1.23. The Bertz CT molecular complexity index is 855. The minimum absolute atomic E-state index is 0.192. The van der Waals surface area contributed by atoms with Gasteiger partial charge in [0.1, 0.15) is 6.54 Å². The SMILES string of the molecule is CC1CCN(CC2=[N+](CCc3ccccc3)C3C(=O)N(C)C(=O)N(C)C3=N2)CC1. The lowest BCUT2D eigenvalue weighted by atomic mass is 9.99. The van der Waals surface area contributed by atoms with Gasteiger partial charge in [-0.1, -0.05) is 37.3 Å². The third-order valence-electron chi connectivity index (χ3n) is 6.34. The summed E-state index contributed by atoms with van der Waals surface area (Å²) in [6.45, 7) is 5.82. The lowest BCUT2D eigenvalue weighted by Crippen LogP contribution is -2.61. The van der Waals surface area contributed by atoms with Gasteiger partial charge in [-0.25, -0.2) is 9.37 Å². The van der Waals surface area contributed by atoms with Gasteiger partial charge in [-0.2, -0.15) is 0 Å². The highest BCUT2D eigenvalue weighted by Gasteiger charge is 2.52. The Kier molecular flexibility index (Phi) is 5.50. The zero-order valence-corrected chi connectivity index (χ0v) is 17.5. The van der Waals surface area contributed by atoms with E-state index in [0.717, 1.165) is 37.8 Å². The molecule has 154 valence electrons. The Hall–Kier alpha value is -2.54. The molecule has 1 aromatic carbocycles. The predicted molar refractivity (Wildman–Crippen MR) is 112 cm³/mol. The molecule has 0 aliphatic carbocycles. The number of amidine groups is 2. The van der Waals surface area contributed by atoms with Crippen molar-refractivity contribution in [1.82, 2.24) is 14.7 Å². The number of aliphatic imine (C=N–C) groups is 1. The highest BCUT2D eigenvalue weighted by atomic mass is 16.2. The van der Waals surface area contributed by atoms with Crippen molar-refractivity contribution in [2.45, 2.75) is 32.2 Å². The molecule has 3 aliphatic heterocycles. The van der Waals surface area contributed by atoms with Crippen molar-refractivity contribution in [3.63, 3.8) is 0 Å². The summed E-state index contributed by atoms with van der Waals surface area (Å²) in [6.07, 6.45) is 3.21. The number of imide groups is 1. The lowest BCUT2D eigenvalue weighted by molar-refractivity contribution is -0.535. The van der Waals surface area contributed by atoms with E-state index in [2.05, 4.69) is 28.5 Å². The third-order valence-corrected chi connectivity index (χ3v) is 6.34. The van der Waals surface area contributed by atoms with Crippen LogP contribution in [0.4, 0.5) is 4.79 Å². The molecule has 0 bridgehead atoms. The average molecular weight is 397 g/mol. The largest absolute Gasteiger partial charge is 0.333 e. The first kappa shape index (κ1) is 19.8. The predicted octanol–water partition coefficient (Wildman–Crippen LogP) is 1.68. The van der Waals surface area contributed by atoms with E-state index in [0.29, 0.717) is 12.4 Å². The van der Waals surface area contributed by atoms with Crippen molar-refractivity contribution in [3.8, 4) is 0 Å². The molecule has 3 amide bonds. The number of nitrogens with zero attached hydrogens (tertiary/aromatic N) is 5. The van der Waals surface area contributed by atoms with Crippen molar-refractivity contribution < 1.29 is 14.2 Å². The van der Waals surface area contributed by atoms with Gasteiger partial charge in [0, 0.05) is 20.5 Å². The van der Waals surface area contributed by atoms with Crippen molar-refractivity contribution in [3.05, 3.63) is 35.9 Å². The van der Waals surface area contributed by atoms with Crippen LogP contribution in [0.2, 0.25) is 0 Å². The molecule has 1 unspecified atom stereocenters. The second kappa shape index (κ2) is 8.06. The summed E-state index contributed by atoms with van der Waals surface area (Å²) in [5.74, 6) is 2.04. The second-order valence-electron chi connectivity index (χ2n) is 8.42. The number of likely N-dealkylation sites (N-methyl/N-ethyl adjacent to an activating group) is 2. The van der Waals surface area contributed by atoms with E-state index in [1.807, 2.05) is 18.2 Å². The van der Waals surface area contributed by atoms with Crippen LogP contribution in [0.3, 0.4) is 0 Å². The maximum Gasteiger partial charge on any atom is 0.333 e. The van der Waals surface area contributed by atoms with Crippen molar-refractivity contribution in [1.29, 1.82) is 0 Å². The minimum atomic E-state index is -0.509. The third kappa shape index (κ3) is 3.83. The van der Waals surface area contributed by atoms with Crippen LogP contribution in [-0.2, 0) is 11.2 Å². The molecule has 1 aromatic rings. The Labute approximate surface area is 172 Å². The highest BCUT2D eigenvalue weighted by Crippen LogP contribution is 2.21. The van der Waals surface area contributed by atoms with E-state index >= 15 is 0 Å². The van der Waals surface area contributed by atoms with Crippen molar-refractivity contribution in [2.24, 2.45) is 10.9 Å². The van der Waals surface area contributed by atoms with Gasteiger partial charge in [-0.3, -0.25) is 19.5 Å². The molecule has 0 saturated carbocycles. The van der Waals surface area contributed by atoms with Gasteiger partial charge in [0.05, 0.1) is 6.54 Å². The smallest absolute Gasteiger partial charge is 0.292 e. The van der Waals surface area contributed by atoms with Crippen molar-refractivity contribution >= 4 is 23.6 Å². The number of carbonyl (C=O) groups excluding carboxylic acids is 2. The molecule has 3 heterocycles. The normalized spacial score (nSPS) is 23.7. The molecule has 7 heteroatoms. The number of benzene rings is 1. The zero-order valence-electron chi connectivity index (χ0n) is 17.5. The molecule has 2 saturated heterocycles. The summed E-state index contributed by atoms with van der Waals surface area (Å²) in [4.78, 5) is 35.4. The monoisotopic (exact) mass is 396 g/mol. The molecule has 3 aliphatic rings. The van der Waals surface area contributed by atoms with Gasteiger partial charge >= 0.3 is 11.9 Å². The molecule has 0 aromatic heterocycles. The van der Waals surface area contributed by atoms with Crippen LogP contribution < -0.4 is 0 Å². The van der Waals surface area contributed by atoms with Gasteiger partial charge in [0.25, 0.3) is 17.8 Å². The van der Waals surface area contributed by atoms with Gasteiger partial charge in [-0.05, 0) is 42.4 Å². The first-order valence-corrected chi connectivity index (χ1v) is 10.5. The number of likely N-dealkylation sites (tertiary alicyclic amines) is 1. The molecule has 0 N–H and O–H groups in total. The molecule has 7 nitrogen and oxygen atoms in total. The van der Waals surface area contributed by atoms with E-state index in [9.17, 15) is 9.59 Å². The first-order chi connectivity index (χ1) is 14.0. The molecule has 1 atom stereocenters. The van der Waals surface area contributed by atoms with Crippen LogP contribution in [0.25, 0.3) is 0 Å². The molecule has 4 rings (SSSR count). The first-order valence-electron chi connectivity index (χ1n) is 10.5. The van der Waals surface area contributed by atoms with E-state index in [4.69, 9.17) is 4.99 Å². The van der Waals surface area contributed by atoms with Gasteiger partial charge in [0.2, 0.25) is 0 Å². The Balaban J connectivity index is 1.61. The maximum absolute atomic E-state index is 13.0. The molecule has 2 fully saturated rings. The van der Waals surface area contributed by atoms with Crippen LogP contribution in [-0.4, -0.2) is 89.2 Å². The van der Waals surface area contributed by atoms with Gasteiger partial charge in [-0.15, -0.1) is 0 Å². The molecule has 29 heavy (non-hydrogen) atoms. The number of carbonyl (C=O) groups is 2. The summed E-state index contributed by atoms with van der Waals surface area (Å²) < 4.78 is 2.11. The fourth-order valence-corrected chi connectivity index (χ4v) is 4.35. The fourth-order valence-electron chi connectivity index (χ4n) is 4.35. The van der Waals surface area contributed by atoms with E-state index in [1.54, 1.807) is 14.1 Å². The topological polar surface area (TPSA) is 59.2 Å². The minimum Gasteiger partial charge on any atom is -0.292 e.